The second-order valence-electron chi connectivity index (χ2n) is 16.3. The summed E-state index contributed by atoms with van der Waals surface area (Å²) in [5, 5.41) is 9.62. The third kappa shape index (κ3) is 38.3. The van der Waals surface area contributed by atoms with Gasteiger partial charge in [-0.3, -0.25) is 9.59 Å². The largest absolute Gasteiger partial charge is 0.477 e. The Hall–Kier alpha value is -3.23. The lowest BCUT2D eigenvalue weighted by Crippen LogP contribution is -2.50. The molecule has 2 atom stereocenters. The number of unbranched alkanes of at least 4 members (excludes halogenated alkanes) is 14. The van der Waals surface area contributed by atoms with Gasteiger partial charge in [-0.2, -0.15) is 0 Å². The average molecular weight is 813 g/mol. The van der Waals surface area contributed by atoms with Crippen molar-refractivity contribution in [1.29, 1.82) is 0 Å². The lowest BCUT2D eigenvalue weighted by atomic mass is 10.1. The number of aliphatic carboxylic acids is 1. The maximum atomic E-state index is 12.7. The molecule has 0 aromatic rings. The van der Waals surface area contributed by atoms with E-state index in [1.807, 2.05) is 21.1 Å². The number of carbonyl (C=O) groups is 3. The summed E-state index contributed by atoms with van der Waals surface area (Å²) in [4.78, 5) is 37.0. The van der Waals surface area contributed by atoms with Gasteiger partial charge in [-0.15, -0.1) is 0 Å². The molecule has 0 aliphatic rings. The monoisotopic (exact) mass is 813 g/mol. The van der Waals surface area contributed by atoms with Crippen LogP contribution in [-0.2, 0) is 28.6 Å². The van der Waals surface area contributed by atoms with E-state index in [0.29, 0.717) is 19.3 Å². The van der Waals surface area contributed by atoms with Crippen molar-refractivity contribution in [2.24, 2.45) is 0 Å². The molecule has 0 aliphatic heterocycles. The van der Waals surface area contributed by atoms with Crippen molar-refractivity contribution >= 4 is 17.9 Å². The van der Waals surface area contributed by atoms with Gasteiger partial charge in [0.1, 0.15) is 6.61 Å². The van der Waals surface area contributed by atoms with Crippen molar-refractivity contribution in [2.45, 2.75) is 187 Å². The third-order valence-corrected chi connectivity index (χ3v) is 9.84. The molecule has 0 spiro atoms. The molecule has 0 amide bonds. The van der Waals surface area contributed by atoms with Gasteiger partial charge in [0.25, 0.3) is 0 Å². The molecule has 8 heteroatoms. The van der Waals surface area contributed by atoms with Crippen LogP contribution >= 0.6 is 0 Å². The highest BCUT2D eigenvalue weighted by atomic mass is 16.6. The van der Waals surface area contributed by atoms with Crippen LogP contribution in [0.1, 0.15) is 174 Å². The zero-order chi connectivity index (χ0) is 42.8. The van der Waals surface area contributed by atoms with E-state index in [1.54, 1.807) is 0 Å². The number of hydrogen-bond acceptors (Lipinski definition) is 6. The standard InChI is InChI=1S/C50H85NO7/c1-6-8-10-12-14-16-18-20-21-22-23-24-25-26-27-28-29-31-32-34-36-38-40-48(52)57-45-46(44-56-43-42-47(50(54)55)51(3,4)5)58-49(53)41-39-37-35-33-30-19-17-15-13-11-9-7-2/h9,11,14-17,20-21,23-24,30,33,46-47H,6-8,10,12-13,18-19,22,25-29,31-32,34-45H2,1-5H3/p+1/b11-9+,16-14+,17-15+,21-20+,24-23+,33-30+. The summed E-state index contributed by atoms with van der Waals surface area (Å²) < 4.78 is 17.2. The molecule has 2 unspecified atom stereocenters. The summed E-state index contributed by atoms with van der Waals surface area (Å²) in [5.74, 6) is -1.53. The van der Waals surface area contributed by atoms with Crippen LogP contribution in [0.3, 0.4) is 0 Å². The van der Waals surface area contributed by atoms with E-state index in [1.165, 1.54) is 64.2 Å². The fraction of sp³-hybridized carbons (Fsp3) is 0.700. The molecule has 0 aromatic heterocycles. The number of carbonyl (C=O) groups excluding carboxylic acids is 2. The van der Waals surface area contributed by atoms with Gasteiger partial charge in [0.15, 0.2) is 12.1 Å². The molecule has 8 nitrogen and oxygen atoms in total. The zero-order valence-electron chi connectivity index (χ0n) is 37.7. The van der Waals surface area contributed by atoms with Crippen molar-refractivity contribution in [3.63, 3.8) is 0 Å². The maximum absolute atomic E-state index is 12.7. The van der Waals surface area contributed by atoms with E-state index in [2.05, 4.69) is 86.8 Å². The number of esters is 2. The highest BCUT2D eigenvalue weighted by Gasteiger charge is 2.31. The predicted octanol–water partition coefficient (Wildman–Crippen LogP) is 12.7. The number of nitrogens with zero attached hydrogens (tertiary/aromatic N) is 1. The number of ether oxygens (including phenoxy) is 3. The van der Waals surface area contributed by atoms with Crippen LogP contribution in [-0.4, -0.2) is 80.6 Å². The number of quaternary nitrogens is 1. The Bertz CT molecular complexity index is 1180. The molecule has 0 aliphatic carbocycles. The van der Waals surface area contributed by atoms with Crippen LogP contribution in [0, 0.1) is 0 Å². The van der Waals surface area contributed by atoms with Crippen molar-refractivity contribution in [2.75, 3.05) is 41.0 Å². The van der Waals surface area contributed by atoms with Crippen LogP contribution in [0.15, 0.2) is 72.9 Å². The number of carboxylic acid groups (broad SMARTS) is 1. The molecule has 332 valence electrons. The van der Waals surface area contributed by atoms with Gasteiger partial charge in [0.2, 0.25) is 0 Å². The molecule has 0 rings (SSSR count). The second-order valence-corrected chi connectivity index (χ2v) is 16.3. The van der Waals surface area contributed by atoms with E-state index in [9.17, 15) is 19.5 Å². The Labute approximate surface area is 355 Å². The molecular weight excluding hydrogens is 727 g/mol. The summed E-state index contributed by atoms with van der Waals surface area (Å²) >= 11 is 0. The van der Waals surface area contributed by atoms with E-state index in [4.69, 9.17) is 14.2 Å². The molecule has 0 fully saturated rings. The third-order valence-electron chi connectivity index (χ3n) is 9.84. The first kappa shape index (κ1) is 54.8. The highest BCUT2D eigenvalue weighted by molar-refractivity contribution is 5.72. The predicted molar refractivity (Wildman–Crippen MR) is 243 cm³/mol. The van der Waals surface area contributed by atoms with Gasteiger partial charge in [-0.1, -0.05) is 145 Å². The van der Waals surface area contributed by atoms with Gasteiger partial charge in [-0.25, -0.2) is 4.79 Å². The molecule has 1 N–H and O–H groups in total. The molecule has 0 heterocycles. The maximum Gasteiger partial charge on any atom is 0.362 e. The van der Waals surface area contributed by atoms with Crippen LogP contribution < -0.4 is 0 Å². The number of likely N-dealkylation sites (N-methyl/N-ethyl adjacent to an activating group) is 1. The van der Waals surface area contributed by atoms with Gasteiger partial charge in [-0.05, 0) is 83.5 Å². The van der Waals surface area contributed by atoms with Gasteiger partial charge in [0.05, 0.1) is 34.4 Å². The topological polar surface area (TPSA) is 99.1 Å². The molecular formula is C50H86NO7+. The first-order valence-corrected chi connectivity index (χ1v) is 23.0. The molecule has 58 heavy (non-hydrogen) atoms. The Balaban J connectivity index is 4.29. The van der Waals surface area contributed by atoms with Crippen molar-refractivity contribution < 1.29 is 38.2 Å². The molecule has 0 saturated carbocycles. The molecule has 0 bridgehead atoms. The van der Waals surface area contributed by atoms with E-state index < -0.39 is 18.1 Å². The summed E-state index contributed by atoms with van der Waals surface area (Å²) in [5.41, 5.74) is 0. The van der Waals surface area contributed by atoms with Crippen molar-refractivity contribution in [3.05, 3.63) is 72.9 Å². The molecule has 0 radical (unpaired) electrons. The Morgan fingerprint density at radius 3 is 1.47 bits per heavy atom. The van der Waals surface area contributed by atoms with Crippen molar-refractivity contribution in [3.8, 4) is 0 Å². The minimum Gasteiger partial charge on any atom is -0.477 e. The number of hydrogen-bond donors (Lipinski definition) is 1. The van der Waals surface area contributed by atoms with Crippen LogP contribution in [0.5, 0.6) is 0 Å². The number of rotatable bonds is 40. The normalized spacial score (nSPS) is 13.6. The van der Waals surface area contributed by atoms with Gasteiger partial charge < -0.3 is 23.8 Å². The molecule has 0 saturated heterocycles. The van der Waals surface area contributed by atoms with Gasteiger partial charge >= 0.3 is 17.9 Å². The lowest BCUT2D eigenvalue weighted by molar-refractivity contribution is -0.887. The first-order valence-electron chi connectivity index (χ1n) is 23.0. The summed E-state index contributed by atoms with van der Waals surface area (Å²) in [7, 11) is 5.50. The Kier molecular flexibility index (Phi) is 38.3. The Morgan fingerprint density at radius 2 is 0.966 bits per heavy atom. The summed E-state index contributed by atoms with van der Waals surface area (Å²) in [6, 6.07) is -0.625. The van der Waals surface area contributed by atoms with Gasteiger partial charge in [0, 0.05) is 19.3 Å². The first-order chi connectivity index (χ1) is 28.1. The van der Waals surface area contributed by atoms with E-state index in [-0.39, 0.29) is 42.7 Å². The van der Waals surface area contributed by atoms with E-state index in [0.717, 1.165) is 70.6 Å². The highest BCUT2D eigenvalue weighted by Crippen LogP contribution is 2.13. The van der Waals surface area contributed by atoms with Crippen LogP contribution in [0.2, 0.25) is 0 Å². The van der Waals surface area contributed by atoms with Crippen molar-refractivity contribution in [1.82, 2.24) is 0 Å². The van der Waals surface area contributed by atoms with Crippen LogP contribution in [0.25, 0.3) is 0 Å². The van der Waals surface area contributed by atoms with E-state index >= 15 is 0 Å². The quantitative estimate of drug-likeness (QED) is 0.0285. The smallest absolute Gasteiger partial charge is 0.362 e. The SMILES string of the molecule is CC/C=C/C/C=C/C/C=C/CCCCC(=O)OC(COCCC(C(=O)O)[N+](C)(C)C)COC(=O)CCCCCCCCCCC/C=C/C/C=C/C/C=C/CCCCC. The minimum atomic E-state index is -0.885. The zero-order valence-corrected chi connectivity index (χ0v) is 37.7. The second kappa shape index (κ2) is 40.5. The fourth-order valence-electron chi connectivity index (χ4n) is 6.29. The number of allylic oxidation sites excluding steroid dienone is 12. The molecule has 0 aromatic carbocycles. The van der Waals surface area contributed by atoms with Crippen LogP contribution in [0.4, 0.5) is 0 Å². The summed E-state index contributed by atoms with van der Waals surface area (Å²) in [6.07, 6.45) is 51.0. The minimum absolute atomic E-state index is 0.0405. The summed E-state index contributed by atoms with van der Waals surface area (Å²) in [6.45, 7) is 4.53. The fourth-order valence-corrected chi connectivity index (χ4v) is 6.29. The Morgan fingerprint density at radius 1 is 0.534 bits per heavy atom. The lowest BCUT2D eigenvalue weighted by Gasteiger charge is -2.31. The average Bonchev–Trinajstić information content (AvgIpc) is 3.18. The number of carboxylic acids is 1.